The minimum atomic E-state index is -0.835. The van der Waals surface area contributed by atoms with Crippen molar-refractivity contribution in [3.63, 3.8) is 0 Å². The first kappa shape index (κ1) is 27.5. The van der Waals surface area contributed by atoms with E-state index in [1.165, 1.54) is 0 Å². The number of thiol groups is 1. The van der Waals surface area contributed by atoms with E-state index in [9.17, 15) is 14.4 Å². The molecule has 0 aromatic heterocycles. The van der Waals surface area contributed by atoms with E-state index >= 15 is 0 Å². The van der Waals surface area contributed by atoms with Gasteiger partial charge in [-0.25, -0.2) is 9.59 Å². The molecule has 1 aromatic rings. The number of amides is 1. The zero-order chi connectivity index (χ0) is 23.2. The molecule has 9 heteroatoms. The molecule has 0 bridgehead atoms. The summed E-state index contributed by atoms with van der Waals surface area (Å²) in [5.74, 6) is -0.164. The van der Waals surface area contributed by atoms with Gasteiger partial charge in [0.05, 0.1) is 0 Å². The molecule has 31 heavy (non-hydrogen) atoms. The molecule has 0 fully saturated rings. The number of carbonyl (C=O) groups excluding carboxylic acids is 3. The summed E-state index contributed by atoms with van der Waals surface area (Å²) in [5, 5.41) is 6.14. The fraction of sp³-hybridized carbons (Fsp3) is 0.591. The van der Waals surface area contributed by atoms with Gasteiger partial charge in [-0.3, -0.25) is 4.79 Å². The van der Waals surface area contributed by atoms with Gasteiger partial charge in [-0.15, -0.1) is 0 Å². The standard InChI is InChI=1S/C22H35N3O4S2/c1-15(2)19(25-20(26)9-11-30)14-24-18(13-16-7-5-4-6-8-16)22(28)29-21(27)17(23)10-12-31-3/h4-8,15,17-19,24,30H,9-14,23H2,1-3H3,(H,25,26)/t17-,18-,19?/m0/s1. The van der Waals surface area contributed by atoms with Crippen LogP contribution in [0.1, 0.15) is 32.3 Å². The van der Waals surface area contributed by atoms with Gasteiger partial charge in [-0.05, 0) is 42.1 Å². The molecule has 1 unspecified atom stereocenters. The van der Waals surface area contributed by atoms with Crippen LogP contribution in [0.25, 0.3) is 0 Å². The molecule has 174 valence electrons. The van der Waals surface area contributed by atoms with Gasteiger partial charge in [0.2, 0.25) is 5.91 Å². The van der Waals surface area contributed by atoms with Crippen LogP contribution in [0.15, 0.2) is 30.3 Å². The molecule has 0 aliphatic rings. The molecule has 0 saturated heterocycles. The molecular weight excluding hydrogens is 434 g/mol. The fourth-order valence-corrected chi connectivity index (χ4v) is 3.49. The van der Waals surface area contributed by atoms with Crippen molar-refractivity contribution in [1.29, 1.82) is 0 Å². The van der Waals surface area contributed by atoms with Crippen molar-refractivity contribution < 1.29 is 19.1 Å². The van der Waals surface area contributed by atoms with Gasteiger partial charge in [-0.2, -0.15) is 24.4 Å². The van der Waals surface area contributed by atoms with E-state index in [-0.39, 0.29) is 17.9 Å². The smallest absolute Gasteiger partial charge is 0.331 e. The van der Waals surface area contributed by atoms with E-state index in [1.54, 1.807) is 11.8 Å². The number of hydrogen-bond donors (Lipinski definition) is 4. The lowest BCUT2D eigenvalue weighted by molar-refractivity contribution is -0.162. The molecule has 0 aliphatic heterocycles. The molecule has 1 rings (SSSR count). The highest BCUT2D eigenvalue weighted by atomic mass is 32.2. The minimum absolute atomic E-state index is 0.0902. The van der Waals surface area contributed by atoms with Gasteiger partial charge in [0.25, 0.3) is 0 Å². The summed E-state index contributed by atoms with van der Waals surface area (Å²) in [6.45, 7) is 4.34. The van der Waals surface area contributed by atoms with E-state index in [2.05, 4.69) is 23.3 Å². The van der Waals surface area contributed by atoms with Gasteiger partial charge in [-0.1, -0.05) is 44.2 Å². The number of rotatable bonds is 14. The Morgan fingerprint density at radius 3 is 2.42 bits per heavy atom. The third-order valence-electron chi connectivity index (χ3n) is 4.78. The first-order chi connectivity index (χ1) is 14.8. The Morgan fingerprint density at radius 1 is 1.16 bits per heavy atom. The fourth-order valence-electron chi connectivity index (χ4n) is 2.80. The van der Waals surface area contributed by atoms with Gasteiger partial charge in [0.15, 0.2) is 0 Å². The lowest BCUT2D eigenvalue weighted by Gasteiger charge is -2.26. The molecule has 1 aromatic carbocycles. The maximum Gasteiger partial charge on any atom is 0.331 e. The number of hydrogen-bond acceptors (Lipinski definition) is 8. The average molecular weight is 470 g/mol. The summed E-state index contributed by atoms with van der Waals surface area (Å²) in [6.07, 6.45) is 3.03. The van der Waals surface area contributed by atoms with Gasteiger partial charge < -0.3 is 21.1 Å². The quantitative estimate of drug-likeness (QED) is 0.187. The number of benzene rings is 1. The van der Waals surface area contributed by atoms with Crippen molar-refractivity contribution in [3.05, 3.63) is 35.9 Å². The normalized spacial score (nSPS) is 14.0. The number of ether oxygens (including phenoxy) is 1. The molecule has 3 atom stereocenters. The lowest BCUT2D eigenvalue weighted by Crippen LogP contribution is -2.51. The van der Waals surface area contributed by atoms with Crippen molar-refractivity contribution in [2.45, 2.75) is 51.2 Å². The molecule has 0 radical (unpaired) electrons. The first-order valence-electron chi connectivity index (χ1n) is 10.5. The monoisotopic (exact) mass is 469 g/mol. The Morgan fingerprint density at radius 2 is 1.84 bits per heavy atom. The second kappa shape index (κ2) is 15.3. The van der Waals surface area contributed by atoms with Gasteiger partial charge >= 0.3 is 11.9 Å². The van der Waals surface area contributed by atoms with Crippen LogP contribution in [-0.4, -0.2) is 60.3 Å². The van der Waals surface area contributed by atoms with Gasteiger partial charge in [0, 0.05) is 19.0 Å². The molecule has 7 nitrogen and oxygen atoms in total. The van der Waals surface area contributed by atoms with Crippen LogP contribution in [0.4, 0.5) is 0 Å². The molecule has 4 N–H and O–H groups in total. The third-order valence-corrected chi connectivity index (χ3v) is 5.65. The van der Waals surface area contributed by atoms with E-state index in [4.69, 9.17) is 10.5 Å². The van der Waals surface area contributed by atoms with Crippen molar-refractivity contribution in [2.75, 3.05) is 24.3 Å². The van der Waals surface area contributed by atoms with Gasteiger partial charge in [0.1, 0.15) is 12.1 Å². The number of carbonyl (C=O) groups is 3. The van der Waals surface area contributed by atoms with E-state index < -0.39 is 24.0 Å². The maximum absolute atomic E-state index is 12.8. The SMILES string of the molecule is CSCC[C@H](N)C(=O)OC(=O)[C@H](Cc1ccccc1)NCC(NC(=O)CCS)C(C)C. The highest BCUT2D eigenvalue weighted by Gasteiger charge is 2.27. The summed E-state index contributed by atoms with van der Waals surface area (Å²) >= 11 is 5.66. The Kier molecular flexibility index (Phi) is 13.6. The van der Waals surface area contributed by atoms with Crippen LogP contribution in [0.2, 0.25) is 0 Å². The minimum Gasteiger partial charge on any atom is -0.391 e. The summed E-state index contributed by atoms with van der Waals surface area (Å²) in [4.78, 5) is 37.0. The van der Waals surface area contributed by atoms with E-state index in [0.29, 0.717) is 37.3 Å². The molecule has 0 spiro atoms. The molecule has 0 aliphatic carbocycles. The highest BCUT2D eigenvalue weighted by molar-refractivity contribution is 7.98. The van der Waals surface area contributed by atoms with Crippen LogP contribution in [0, 0.1) is 5.92 Å². The van der Waals surface area contributed by atoms with E-state index in [1.807, 2.05) is 50.4 Å². The number of thioether (sulfide) groups is 1. The first-order valence-corrected chi connectivity index (χ1v) is 12.5. The van der Waals surface area contributed by atoms with Crippen LogP contribution >= 0.6 is 24.4 Å². The van der Waals surface area contributed by atoms with Crippen molar-refractivity contribution >= 4 is 42.2 Å². The Bertz CT molecular complexity index is 689. The number of nitrogens with one attached hydrogen (secondary N) is 2. The predicted molar refractivity (Wildman–Crippen MR) is 129 cm³/mol. The molecule has 0 heterocycles. The third kappa shape index (κ3) is 11.0. The predicted octanol–water partition coefficient (Wildman–Crippen LogP) is 1.80. The summed E-state index contributed by atoms with van der Waals surface area (Å²) in [6, 6.07) is 7.71. The average Bonchev–Trinajstić information content (AvgIpc) is 2.74. The van der Waals surface area contributed by atoms with Crippen molar-refractivity contribution in [1.82, 2.24) is 10.6 Å². The topological polar surface area (TPSA) is 111 Å². The summed E-state index contributed by atoms with van der Waals surface area (Å²) in [7, 11) is 0. The Hall–Kier alpha value is -1.55. The zero-order valence-electron chi connectivity index (χ0n) is 18.5. The maximum atomic E-state index is 12.8. The molecule has 0 saturated carbocycles. The van der Waals surface area contributed by atoms with Crippen molar-refractivity contribution in [3.8, 4) is 0 Å². The largest absolute Gasteiger partial charge is 0.391 e. The van der Waals surface area contributed by atoms with E-state index in [0.717, 1.165) is 5.56 Å². The second-order valence-electron chi connectivity index (χ2n) is 7.67. The highest BCUT2D eigenvalue weighted by Crippen LogP contribution is 2.08. The lowest BCUT2D eigenvalue weighted by atomic mass is 10.0. The Labute approximate surface area is 195 Å². The van der Waals surface area contributed by atoms with Crippen LogP contribution in [0.3, 0.4) is 0 Å². The summed E-state index contributed by atoms with van der Waals surface area (Å²) in [5.41, 5.74) is 6.76. The number of nitrogens with two attached hydrogens (primary N) is 1. The van der Waals surface area contributed by atoms with Crippen LogP contribution in [0.5, 0.6) is 0 Å². The van der Waals surface area contributed by atoms with Crippen molar-refractivity contribution in [2.24, 2.45) is 11.7 Å². The zero-order valence-corrected chi connectivity index (χ0v) is 20.2. The Balaban J connectivity index is 2.83. The second-order valence-corrected chi connectivity index (χ2v) is 9.10. The summed E-state index contributed by atoms with van der Waals surface area (Å²) < 4.78 is 5.08. The van der Waals surface area contributed by atoms with Crippen LogP contribution in [-0.2, 0) is 25.5 Å². The molecule has 1 amide bonds. The van der Waals surface area contributed by atoms with Crippen LogP contribution < -0.4 is 16.4 Å². The number of esters is 2. The molecular formula is C22H35N3O4S2.